The van der Waals surface area contributed by atoms with Crippen molar-refractivity contribution in [3.63, 3.8) is 0 Å². The predicted octanol–water partition coefficient (Wildman–Crippen LogP) is 5.00. The highest BCUT2D eigenvalue weighted by atomic mass is 35.5. The molecule has 0 bridgehead atoms. The van der Waals surface area contributed by atoms with Crippen LogP contribution in [0.2, 0.25) is 5.02 Å². The van der Waals surface area contributed by atoms with E-state index in [1.807, 2.05) is 24.3 Å². The van der Waals surface area contributed by atoms with Gasteiger partial charge in [-0.1, -0.05) is 41.9 Å². The third-order valence-corrected chi connectivity index (χ3v) is 5.69. The second-order valence-corrected chi connectivity index (χ2v) is 7.85. The maximum atomic E-state index is 6.41. The first kappa shape index (κ1) is 16.3. The Labute approximate surface area is 154 Å². The number of hydrazone groups is 1. The standard InChI is InChI=1S/C21H23ClN3/c1-14-13-17(23-25(14)19-12-8-6-10-16(19)22)20-21(2,3)15-9-5-7-11-18(15)24(20)4/h5-12,14H,13H2,1-4H3/q+1. The summed E-state index contributed by atoms with van der Waals surface area (Å²) in [5.74, 6) is 0. The molecule has 0 aliphatic carbocycles. The van der Waals surface area contributed by atoms with Crippen LogP contribution in [-0.2, 0) is 5.41 Å². The molecule has 0 radical (unpaired) electrons. The van der Waals surface area contributed by atoms with Crippen molar-refractivity contribution in [2.24, 2.45) is 5.10 Å². The van der Waals surface area contributed by atoms with E-state index >= 15 is 0 Å². The molecule has 2 aliphatic heterocycles. The molecule has 3 nitrogen and oxygen atoms in total. The molecule has 25 heavy (non-hydrogen) atoms. The second-order valence-electron chi connectivity index (χ2n) is 7.45. The molecule has 0 spiro atoms. The van der Waals surface area contributed by atoms with Crippen LogP contribution in [0.15, 0.2) is 53.6 Å². The van der Waals surface area contributed by atoms with Gasteiger partial charge in [0.15, 0.2) is 0 Å². The van der Waals surface area contributed by atoms with Crippen LogP contribution >= 0.6 is 11.6 Å². The van der Waals surface area contributed by atoms with Crippen LogP contribution in [0, 0.1) is 0 Å². The molecule has 0 saturated carbocycles. The summed E-state index contributed by atoms with van der Waals surface area (Å²) in [5.41, 5.74) is 5.99. The Kier molecular flexibility index (Phi) is 3.73. The van der Waals surface area contributed by atoms with Crippen molar-refractivity contribution in [2.45, 2.75) is 38.6 Å². The van der Waals surface area contributed by atoms with Gasteiger partial charge in [0.25, 0.3) is 0 Å². The zero-order valence-electron chi connectivity index (χ0n) is 15.1. The van der Waals surface area contributed by atoms with Crippen molar-refractivity contribution < 1.29 is 4.58 Å². The van der Waals surface area contributed by atoms with E-state index in [2.05, 4.69) is 61.7 Å². The fraction of sp³-hybridized carbons (Fsp3) is 0.333. The van der Waals surface area contributed by atoms with Crippen molar-refractivity contribution in [3.05, 3.63) is 59.1 Å². The molecule has 4 rings (SSSR count). The molecule has 2 heterocycles. The lowest BCUT2D eigenvalue weighted by Gasteiger charge is -2.20. The Morgan fingerprint density at radius 3 is 2.52 bits per heavy atom. The van der Waals surface area contributed by atoms with E-state index in [1.54, 1.807) is 0 Å². The van der Waals surface area contributed by atoms with Gasteiger partial charge in [-0.25, -0.2) is 0 Å². The molecule has 0 fully saturated rings. The van der Waals surface area contributed by atoms with Crippen molar-refractivity contribution >= 4 is 34.4 Å². The number of hydrogen-bond acceptors (Lipinski definition) is 2. The highest BCUT2D eigenvalue weighted by molar-refractivity contribution is 6.45. The van der Waals surface area contributed by atoms with Crippen LogP contribution < -0.4 is 5.01 Å². The number of para-hydroxylation sites is 2. The second kappa shape index (κ2) is 5.70. The summed E-state index contributed by atoms with van der Waals surface area (Å²) in [4.78, 5) is 0. The van der Waals surface area contributed by atoms with Gasteiger partial charge >= 0.3 is 0 Å². The number of nitrogens with zero attached hydrogens (tertiary/aromatic N) is 3. The lowest BCUT2D eigenvalue weighted by Crippen LogP contribution is -2.35. The Balaban J connectivity index is 1.80. The summed E-state index contributed by atoms with van der Waals surface area (Å²) < 4.78 is 2.30. The summed E-state index contributed by atoms with van der Waals surface area (Å²) in [6, 6.07) is 16.8. The van der Waals surface area contributed by atoms with E-state index in [0.29, 0.717) is 0 Å². The molecule has 1 atom stereocenters. The molecule has 2 aromatic rings. The van der Waals surface area contributed by atoms with E-state index in [-0.39, 0.29) is 11.5 Å². The number of halogens is 1. The van der Waals surface area contributed by atoms with Gasteiger partial charge in [0.05, 0.1) is 22.2 Å². The molecule has 4 heteroatoms. The molecule has 0 aromatic heterocycles. The highest BCUT2D eigenvalue weighted by Crippen LogP contribution is 2.41. The smallest absolute Gasteiger partial charge is 0.215 e. The van der Waals surface area contributed by atoms with Gasteiger partial charge in [-0.15, -0.1) is 0 Å². The fourth-order valence-electron chi connectivity index (χ4n) is 4.22. The number of rotatable bonds is 2. The van der Waals surface area contributed by atoms with E-state index in [0.717, 1.165) is 22.8 Å². The third kappa shape index (κ3) is 2.41. The first-order chi connectivity index (χ1) is 11.9. The molecule has 0 N–H and O–H groups in total. The minimum Gasteiger partial charge on any atom is -0.260 e. The lowest BCUT2D eigenvalue weighted by molar-refractivity contribution is -0.400. The van der Waals surface area contributed by atoms with Gasteiger partial charge in [0, 0.05) is 18.1 Å². The van der Waals surface area contributed by atoms with Crippen LogP contribution in [-0.4, -0.2) is 29.1 Å². The molecule has 128 valence electrons. The SMILES string of the molecule is CC1CC(C2=[N+](C)c3ccccc3C2(C)C)=NN1c1ccccc1Cl. The Morgan fingerprint density at radius 2 is 1.80 bits per heavy atom. The normalized spacial score (nSPS) is 21.6. The molecule has 2 aromatic carbocycles. The van der Waals surface area contributed by atoms with E-state index in [4.69, 9.17) is 16.7 Å². The first-order valence-corrected chi connectivity index (χ1v) is 9.11. The van der Waals surface area contributed by atoms with Crippen molar-refractivity contribution in [1.82, 2.24) is 0 Å². The Bertz CT molecular complexity index is 911. The van der Waals surface area contributed by atoms with Crippen LogP contribution in [0.3, 0.4) is 0 Å². The third-order valence-electron chi connectivity index (χ3n) is 5.37. The van der Waals surface area contributed by atoms with Gasteiger partial charge in [0.2, 0.25) is 11.4 Å². The van der Waals surface area contributed by atoms with E-state index in [9.17, 15) is 0 Å². The van der Waals surface area contributed by atoms with Gasteiger partial charge in [-0.2, -0.15) is 9.68 Å². The number of hydrogen-bond donors (Lipinski definition) is 0. The topological polar surface area (TPSA) is 18.6 Å². The quantitative estimate of drug-likeness (QED) is 0.696. The van der Waals surface area contributed by atoms with Crippen molar-refractivity contribution in [2.75, 3.05) is 12.1 Å². The summed E-state index contributed by atoms with van der Waals surface area (Å²) in [6.07, 6.45) is 0.919. The minimum absolute atomic E-state index is 0.0552. The molecular formula is C21H23ClN3+. The monoisotopic (exact) mass is 352 g/mol. The maximum Gasteiger partial charge on any atom is 0.215 e. The fourth-order valence-corrected chi connectivity index (χ4v) is 4.45. The average molecular weight is 353 g/mol. The lowest BCUT2D eigenvalue weighted by atomic mass is 9.79. The minimum atomic E-state index is -0.0552. The average Bonchev–Trinajstić information content (AvgIpc) is 3.04. The molecule has 1 unspecified atom stereocenters. The first-order valence-electron chi connectivity index (χ1n) is 8.73. The van der Waals surface area contributed by atoms with Gasteiger partial charge in [-0.05, 0) is 32.9 Å². The summed E-state index contributed by atoms with van der Waals surface area (Å²) >= 11 is 6.41. The largest absolute Gasteiger partial charge is 0.260 e. The van der Waals surface area contributed by atoms with Crippen LogP contribution in [0.5, 0.6) is 0 Å². The Morgan fingerprint density at radius 1 is 1.12 bits per heavy atom. The molecular weight excluding hydrogens is 330 g/mol. The Hall–Kier alpha value is -2.13. The maximum absolute atomic E-state index is 6.41. The molecule has 2 aliphatic rings. The number of benzene rings is 2. The van der Waals surface area contributed by atoms with Crippen molar-refractivity contribution in [3.8, 4) is 0 Å². The summed E-state index contributed by atoms with van der Waals surface area (Å²) in [6.45, 7) is 6.78. The summed E-state index contributed by atoms with van der Waals surface area (Å²) in [5, 5.41) is 7.81. The highest BCUT2D eigenvalue weighted by Gasteiger charge is 2.48. The molecule has 0 amide bonds. The van der Waals surface area contributed by atoms with E-state index in [1.165, 1.54) is 17.0 Å². The van der Waals surface area contributed by atoms with Crippen LogP contribution in [0.25, 0.3) is 0 Å². The summed E-state index contributed by atoms with van der Waals surface area (Å²) in [7, 11) is 2.15. The number of anilines is 1. The van der Waals surface area contributed by atoms with Gasteiger partial charge < -0.3 is 0 Å². The van der Waals surface area contributed by atoms with Gasteiger partial charge in [-0.3, -0.25) is 5.01 Å². The van der Waals surface area contributed by atoms with Crippen LogP contribution in [0.1, 0.15) is 32.8 Å². The zero-order valence-corrected chi connectivity index (χ0v) is 15.9. The van der Waals surface area contributed by atoms with Crippen LogP contribution in [0.4, 0.5) is 11.4 Å². The van der Waals surface area contributed by atoms with E-state index < -0.39 is 0 Å². The van der Waals surface area contributed by atoms with Crippen molar-refractivity contribution in [1.29, 1.82) is 0 Å². The molecule has 0 saturated heterocycles. The zero-order chi connectivity index (χ0) is 17.8. The van der Waals surface area contributed by atoms with Gasteiger partial charge in [0.1, 0.15) is 12.8 Å². The predicted molar refractivity (Wildman–Crippen MR) is 106 cm³/mol. The number of fused-ring (bicyclic) bond motifs is 1.